The van der Waals surface area contributed by atoms with Crippen LogP contribution in [0, 0.1) is 5.82 Å². The summed E-state index contributed by atoms with van der Waals surface area (Å²) >= 11 is 12.2. The van der Waals surface area contributed by atoms with Crippen molar-refractivity contribution in [2.45, 2.75) is 6.61 Å². The predicted molar refractivity (Wildman–Crippen MR) is 89.7 cm³/mol. The highest BCUT2D eigenvalue weighted by atomic mass is 35.5. The maximum Gasteiger partial charge on any atom is 0.199 e. The van der Waals surface area contributed by atoms with Crippen LogP contribution in [0.3, 0.4) is 0 Å². The Morgan fingerprint density at radius 3 is 2.30 bits per heavy atom. The van der Waals surface area contributed by atoms with Crippen molar-refractivity contribution in [2.24, 2.45) is 0 Å². The summed E-state index contributed by atoms with van der Waals surface area (Å²) in [4.78, 5) is 12.9. The molecule has 3 aromatic carbocycles. The highest BCUT2D eigenvalue weighted by Crippen LogP contribution is 2.32. The first-order valence-corrected chi connectivity index (χ1v) is 7.59. The van der Waals surface area contributed by atoms with Gasteiger partial charge in [-0.3, -0.25) is 4.79 Å². The number of aliphatic hydroxyl groups is 1. The molecule has 3 rings (SSSR count). The average Bonchev–Trinajstić information content (AvgIpc) is 2.53. The third kappa shape index (κ3) is 2.83. The Morgan fingerprint density at radius 1 is 1.00 bits per heavy atom. The maximum absolute atomic E-state index is 14.3. The Balaban J connectivity index is 2.25. The average molecular weight is 349 g/mol. The molecule has 0 unspecified atom stereocenters. The van der Waals surface area contributed by atoms with Crippen LogP contribution in [0.2, 0.25) is 10.0 Å². The number of halogens is 3. The first kappa shape index (κ1) is 15.9. The van der Waals surface area contributed by atoms with Crippen LogP contribution in [0.5, 0.6) is 0 Å². The molecule has 0 saturated heterocycles. The largest absolute Gasteiger partial charge is 0.392 e. The van der Waals surface area contributed by atoms with Crippen molar-refractivity contribution < 1.29 is 14.3 Å². The van der Waals surface area contributed by atoms with Crippen molar-refractivity contribution in [1.29, 1.82) is 0 Å². The minimum Gasteiger partial charge on any atom is -0.392 e. The third-order valence-corrected chi connectivity index (χ3v) is 4.21. The van der Waals surface area contributed by atoms with Gasteiger partial charge in [-0.2, -0.15) is 0 Å². The van der Waals surface area contributed by atoms with E-state index in [4.69, 9.17) is 28.3 Å². The summed E-state index contributed by atoms with van der Waals surface area (Å²) in [6.07, 6.45) is 0. The predicted octanol–water partition coefficient (Wildman–Crippen LogP) is 5.01. The van der Waals surface area contributed by atoms with E-state index in [1.54, 1.807) is 24.3 Å². The van der Waals surface area contributed by atoms with Crippen LogP contribution in [-0.2, 0) is 6.61 Å². The molecule has 0 amide bonds. The molecule has 0 aromatic heterocycles. The highest BCUT2D eigenvalue weighted by Gasteiger charge is 2.22. The lowest BCUT2D eigenvalue weighted by Crippen LogP contribution is -2.07. The molecule has 0 spiro atoms. The number of carbonyl (C=O) groups excluding carboxylic acids is 1. The second kappa shape index (κ2) is 6.28. The summed E-state index contributed by atoms with van der Waals surface area (Å²) < 4.78 is 14.3. The summed E-state index contributed by atoms with van der Waals surface area (Å²) in [7, 11) is 0. The second-order valence-corrected chi connectivity index (χ2v) is 5.88. The van der Waals surface area contributed by atoms with Crippen LogP contribution in [0.25, 0.3) is 10.8 Å². The van der Waals surface area contributed by atoms with E-state index < -0.39 is 11.6 Å². The molecular formula is C18H11Cl2FO2. The Morgan fingerprint density at radius 2 is 1.65 bits per heavy atom. The number of benzene rings is 3. The highest BCUT2D eigenvalue weighted by molar-refractivity contribution is 6.41. The molecule has 0 radical (unpaired) electrons. The molecule has 0 atom stereocenters. The van der Waals surface area contributed by atoms with Crippen LogP contribution in [0.4, 0.5) is 4.39 Å². The third-order valence-electron chi connectivity index (χ3n) is 3.62. The van der Waals surface area contributed by atoms with Gasteiger partial charge in [-0.15, -0.1) is 0 Å². The molecule has 0 heterocycles. The summed E-state index contributed by atoms with van der Waals surface area (Å²) in [5, 5.41) is 10.6. The van der Waals surface area contributed by atoms with Gasteiger partial charge in [0.05, 0.1) is 27.8 Å². The lowest BCUT2D eigenvalue weighted by Gasteiger charge is -2.11. The SMILES string of the molecule is O=C(c1c(Cl)cc(CO)cc1Cl)c1c(F)ccc2ccccc12. The number of aliphatic hydroxyl groups excluding tert-OH is 1. The van der Waals surface area contributed by atoms with Gasteiger partial charge >= 0.3 is 0 Å². The van der Waals surface area contributed by atoms with E-state index in [-0.39, 0.29) is 27.8 Å². The van der Waals surface area contributed by atoms with Crippen LogP contribution in [0.15, 0.2) is 48.5 Å². The van der Waals surface area contributed by atoms with E-state index in [0.717, 1.165) is 5.39 Å². The van der Waals surface area contributed by atoms with Gasteiger partial charge in [0, 0.05) is 0 Å². The smallest absolute Gasteiger partial charge is 0.199 e. The topological polar surface area (TPSA) is 37.3 Å². The molecule has 5 heteroatoms. The zero-order valence-corrected chi connectivity index (χ0v) is 13.3. The van der Waals surface area contributed by atoms with Crippen LogP contribution in [0.1, 0.15) is 21.5 Å². The van der Waals surface area contributed by atoms with Gasteiger partial charge in [0.15, 0.2) is 5.78 Å². The van der Waals surface area contributed by atoms with Gasteiger partial charge in [-0.1, -0.05) is 53.5 Å². The molecule has 0 bridgehead atoms. The van der Waals surface area contributed by atoms with E-state index in [1.807, 2.05) is 6.07 Å². The Bertz CT molecular complexity index is 899. The molecule has 0 fully saturated rings. The molecule has 2 nitrogen and oxygen atoms in total. The Labute approximate surface area is 142 Å². The van der Waals surface area contributed by atoms with Crippen LogP contribution < -0.4 is 0 Å². The van der Waals surface area contributed by atoms with Gasteiger partial charge in [0.25, 0.3) is 0 Å². The molecule has 0 aliphatic carbocycles. The van der Waals surface area contributed by atoms with Crippen molar-refractivity contribution in [2.75, 3.05) is 0 Å². The number of hydrogen-bond donors (Lipinski definition) is 1. The quantitative estimate of drug-likeness (QED) is 0.675. The van der Waals surface area contributed by atoms with Crippen molar-refractivity contribution in [3.05, 3.63) is 81.1 Å². The second-order valence-electron chi connectivity index (χ2n) is 5.07. The van der Waals surface area contributed by atoms with Crippen LogP contribution in [-0.4, -0.2) is 10.9 Å². The number of carbonyl (C=O) groups is 1. The van der Waals surface area contributed by atoms with Crippen molar-refractivity contribution in [3.63, 3.8) is 0 Å². The first-order chi connectivity index (χ1) is 11.0. The van der Waals surface area contributed by atoms with Gasteiger partial charge in [0.2, 0.25) is 0 Å². The van der Waals surface area contributed by atoms with Gasteiger partial charge in [-0.25, -0.2) is 4.39 Å². The standard InChI is InChI=1S/C18H11Cl2FO2/c19-13-7-10(9-22)8-14(20)17(13)18(23)16-12-4-2-1-3-11(12)5-6-15(16)21/h1-8,22H,9H2. The zero-order chi connectivity index (χ0) is 16.6. The number of hydrogen-bond acceptors (Lipinski definition) is 2. The Kier molecular flexibility index (Phi) is 4.35. The van der Waals surface area contributed by atoms with Gasteiger partial charge in [0.1, 0.15) is 5.82 Å². The molecule has 116 valence electrons. The summed E-state index contributed by atoms with van der Waals surface area (Å²) in [5.74, 6) is -1.22. The summed E-state index contributed by atoms with van der Waals surface area (Å²) in [5.41, 5.74) is 0.444. The molecular weight excluding hydrogens is 338 g/mol. The first-order valence-electron chi connectivity index (χ1n) is 6.83. The number of fused-ring (bicyclic) bond motifs is 1. The fourth-order valence-electron chi connectivity index (χ4n) is 2.53. The number of rotatable bonds is 3. The summed E-state index contributed by atoms with van der Waals surface area (Å²) in [6, 6.07) is 12.8. The minimum atomic E-state index is -0.632. The van der Waals surface area contributed by atoms with Crippen molar-refractivity contribution >= 4 is 39.8 Å². The fraction of sp³-hybridized carbons (Fsp3) is 0.0556. The lowest BCUT2D eigenvalue weighted by atomic mass is 9.96. The normalized spacial score (nSPS) is 11.0. The summed E-state index contributed by atoms with van der Waals surface area (Å²) in [6.45, 7) is -0.253. The Hall–Kier alpha value is -1.94. The van der Waals surface area contributed by atoms with E-state index >= 15 is 0 Å². The molecule has 0 aliphatic heterocycles. The lowest BCUT2D eigenvalue weighted by molar-refractivity contribution is 0.103. The fourth-order valence-corrected chi connectivity index (χ4v) is 3.24. The molecule has 23 heavy (non-hydrogen) atoms. The monoisotopic (exact) mass is 348 g/mol. The number of ketones is 1. The van der Waals surface area contributed by atoms with E-state index in [0.29, 0.717) is 10.9 Å². The molecule has 1 N–H and O–H groups in total. The van der Waals surface area contributed by atoms with Crippen LogP contribution >= 0.6 is 23.2 Å². The van der Waals surface area contributed by atoms with Gasteiger partial charge in [-0.05, 0) is 34.5 Å². The molecule has 3 aromatic rings. The minimum absolute atomic E-state index is 0.0285. The maximum atomic E-state index is 14.3. The zero-order valence-electron chi connectivity index (χ0n) is 11.8. The van der Waals surface area contributed by atoms with Gasteiger partial charge < -0.3 is 5.11 Å². The van der Waals surface area contributed by atoms with Crippen molar-refractivity contribution in [1.82, 2.24) is 0 Å². The molecule has 0 saturated carbocycles. The van der Waals surface area contributed by atoms with E-state index in [2.05, 4.69) is 0 Å². The molecule has 0 aliphatic rings. The van der Waals surface area contributed by atoms with E-state index in [9.17, 15) is 9.18 Å². The van der Waals surface area contributed by atoms with E-state index in [1.165, 1.54) is 18.2 Å². The van der Waals surface area contributed by atoms with Crippen molar-refractivity contribution in [3.8, 4) is 0 Å².